The summed E-state index contributed by atoms with van der Waals surface area (Å²) in [5.74, 6) is 0. The van der Waals surface area contributed by atoms with Crippen molar-refractivity contribution in [3.63, 3.8) is 0 Å². The molecule has 0 atom stereocenters. The molecule has 0 saturated heterocycles. The van der Waals surface area contributed by atoms with Crippen molar-refractivity contribution in [1.29, 1.82) is 0 Å². The first-order chi connectivity index (χ1) is 6.53. The van der Waals surface area contributed by atoms with E-state index in [0.29, 0.717) is 17.9 Å². The summed E-state index contributed by atoms with van der Waals surface area (Å²) in [6.07, 6.45) is -0.257. The number of alkyl halides is 3. The van der Waals surface area contributed by atoms with Crippen LogP contribution in [0.1, 0.15) is 32.1 Å². The Bertz CT molecular complexity index is 190. The third kappa shape index (κ3) is 3.51. The van der Waals surface area contributed by atoms with Crippen LogP contribution in [0.4, 0.5) is 13.2 Å². The van der Waals surface area contributed by atoms with Crippen LogP contribution in [0.2, 0.25) is 0 Å². The summed E-state index contributed by atoms with van der Waals surface area (Å²) in [4.78, 5) is 10.3. The van der Waals surface area contributed by atoms with E-state index >= 15 is 0 Å². The smallest absolute Gasteiger partial charge is 0.249 e. The quantitative estimate of drug-likeness (QED) is 0.530. The minimum atomic E-state index is -4.34. The molecular formula is C8H13F3N2O. The Hall–Kier alpha value is -0.810. The zero-order valence-corrected chi connectivity index (χ0v) is 7.76. The molecule has 1 aliphatic rings. The Labute approximate surface area is 80.2 Å². The van der Waals surface area contributed by atoms with Gasteiger partial charge in [0.2, 0.25) is 0 Å². The highest BCUT2D eigenvalue weighted by Crippen LogP contribution is 2.26. The minimum Gasteiger partial charge on any atom is -0.249 e. The van der Waals surface area contributed by atoms with Crippen LogP contribution in [0, 0.1) is 4.91 Å². The van der Waals surface area contributed by atoms with Crippen LogP contribution in [-0.2, 0) is 0 Å². The molecule has 0 aromatic rings. The van der Waals surface area contributed by atoms with Gasteiger partial charge < -0.3 is 0 Å². The highest BCUT2D eigenvalue weighted by Gasteiger charge is 2.34. The van der Waals surface area contributed by atoms with Gasteiger partial charge in [-0.05, 0) is 12.8 Å². The van der Waals surface area contributed by atoms with Crippen LogP contribution in [0.5, 0.6) is 0 Å². The van der Waals surface area contributed by atoms with E-state index < -0.39 is 12.7 Å². The molecule has 0 unspecified atom stereocenters. The van der Waals surface area contributed by atoms with Crippen LogP contribution >= 0.6 is 0 Å². The molecule has 82 valence electrons. The van der Waals surface area contributed by atoms with Crippen molar-refractivity contribution in [3.8, 4) is 0 Å². The van der Waals surface area contributed by atoms with Crippen LogP contribution < -0.4 is 0 Å². The van der Waals surface area contributed by atoms with Crippen molar-refractivity contribution in [1.82, 2.24) is 5.01 Å². The molecule has 14 heavy (non-hydrogen) atoms. The van der Waals surface area contributed by atoms with Crippen LogP contribution in [0.25, 0.3) is 0 Å². The second-order valence-corrected chi connectivity index (χ2v) is 3.59. The molecule has 1 fully saturated rings. The molecule has 0 aliphatic heterocycles. The van der Waals surface area contributed by atoms with Crippen molar-refractivity contribution < 1.29 is 13.2 Å². The zero-order valence-electron chi connectivity index (χ0n) is 7.76. The van der Waals surface area contributed by atoms with Crippen LogP contribution in [0.15, 0.2) is 5.29 Å². The Morgan fingerprint density at radius 1 is 1.21 bits per heavy atom. The predicted molar refractivity (Wildman–Crippen MR) is 45.4 cm³/mol. The summed E-state index contributed by atoms with van der Waals surface area (Å²) in [6.45, 7) is -1.22. The van der Waals surface area contributed by atoms with Crippen molar-refractivity contribution in [3.05, 3.63) is 4.91 Å². The lowest BCUT2D eigenvalue weighted by Gasteiger charge is -2.29. The van der Waals surface area contributed by atoms with Gasteiger partial charge in [-0.1, -0.05) is 19.3 Å². The average Bonchev–Trinajstić information content (AvgIpc) is 2.14. The van der Waals surface area contributed by atoms with Gasteiger partial charge in [-0.2, -0.15) is 13.2 Å². The molecule has 0 bridgehead atoms. The highest BCUT2D eigenvalue weighted by atomic mass is 19.4. The van der Waals surface area contributed by atoms with Gasteiger partial charge in [-0.15, -0.1) is 4.91 Å². The number of nitroso groups, excluding NO2 is 1. The summed E-state index contributed by atoms with van der Waals surface area (Å²) in [7, 11) is 0. The minimum absolute atomic E-state index is 0.317. The summed E-state index contributed by atoms with van der Waals surface area (Å²) in [5, 5.41) is 3.10. The molecule has 0 aromatic carbocycles. The van der Waals surface area contributed by atoms with E-state index in [1.165, 1.54) is 0 Å². The van der Waals surface area contributed by atoms with Gasteiger partial charge in [0.05, 0.1) is 11.3 Å². The summed E-state index contributed by atoms with van der Waals surface area (Å²) in [5.41, 5.74) is 0. The lowest BCUT2D eigenvalue weighted by atomic mass is 9.95. The molecule has 0 N–H and O–H groups in total. The number of halogens is 3. The lowest BCUT2D eigenvalue weighted by Crippen LogP contribution is -2.38. The maximum absolute atomic E-state index is 12.0. The average molecular weight is 210 g/mol. The van der Waals surface area contributed by atoms with Gasteiger partial charge in [0.25, 0.3) is 0 Å². The highest BCUT2D eigenvalue weighted by molar-refractivity contribution is 4.75. The molecule has 0 spiro atoms. The van der Waals surface area contributed by atoms with Crippen LogP contribution in [0.3, 0.4) is 0 Å². The number of nitrogens with zero attached hydrogens (tertiary/aromatic N) is 2. The normalized spacial score (nSPS) is 19.4. The van der Waals surface area contributed by atoms with Crippen molar-refractivity contribution in [2.75, 3.05) is 6.54 Å². The SMILES string of the molecule is O=NN(CC(F)(F)F)C1CCCCC1. The molecule has 0 amide bonds. The fourth-order valence-corrected chi connectivity index (χ4v) is 1.79. The van der Waals surface area contributed by atoms with E-state index in [2.05, 4.69) is 5.29 Å². The standard InChI is InChI=1S/C8H13F3N2O/c9-8(10,11)6-13(12-14)7-4-2-1-3-5-7/h7H,1-6H2. The third-order valence-electron chi connectivity index (χ3n) is 2.44. The Morgan fingerprint density at radius 3 is 2.21 bits per heavy atom. The fourth-order valence-electron chi connectivity index (χ4n) is 1.79. The first kappa shape index (κ1) is 11.3. The Morgan fingerprint density at radius 2 is 1.79 bits per heavy atom. The van der Waals surface area contributed by atoms with Gasteiger partial charge in [-0.3, -0.25) is 0 Å². The molecular weight excluding hydrogens is 197 g/mol. The molecule has 0 heterocycles. The zero-order chi connectivity index (χ0) is 10.6. The predicted octanol–water partition coefficient (Wildman–Crippen LogP) is 2.86. The summed E-state index contributed by atoms with van der Waals surface area (Å²) in [6, 6.07) is -0.317. The van der Waals surface area contributed by atoms with Crippen molar-refractivity contribution >= 4 is 0 Å². The van der Waals surface area contributed by atoms with Gasteiger partial charge in [0, 0.05) is 0 Å². The molecule has 0 radical (unpaired) electrons. The Kier molecular flexibility index (Phi) is 3.71. The second-order valence-electron chi connectivity index (χ2n) is 3.59. The summed E-state index contributed by atoms with van der Waals surface area (Å²) < 4.78 is 36.0. The maximum atomic E-state index is 12.0. The first-order valence-electron chi connectivity index (χ1n) is 4.69. The first-order valence-corrected chi connectivity index (χ1v) is 4.69. The number of rotatable bonds is 3. The molecule has 1 saturated carbocycles. The molecule has 0 aromatic heterocycles. The Balaban J connectivity index is 2.47. The van der Waals surface area contributed by atoms with Crippen LogP contribution in [-0.4, -0.2) is 23.8 Å². The van der Waals surface area contributed by atoms with E-state index in [1.54, 1.807) is 0 Å². The van der Waals surface area contributed by atoms with Crippen molar-refractivity contribution in [2.24, 2.45) is 5.29 Å². The number of hydrogen-bond acceptors (Lipinski definition) is 2. The van der Waals surface area contributed by atoms with Gasteiger partial charge in [0.15, 0.2) is 0 Å². The van der Waals surface area contributed by atoms with Crippen molar-refractivity contribution in [2.45, 2.75) is 44.3 Å². The van der Waals surface area contributed by atoms with E-state index in [4.69, 9.17) is 0 Å². The molecule has 1 rings (SSSR count). The molecule has 1 aliphatic carbocycles. The van der Waals surface area contributed by atoms with Gasteiger partial charge in [0.1, 0.15) is 6.54 Å². The molecule has 6 heteroatoms. The largest absolute Gasteiger partial charge is 0.407 e. The lowest BCUT2D eigenvalue weighted by molar-refractivity contribution is -0.152. The van der Waals surface area contributed by atoms with Gasteiger partial charge >= 0.3 is 6.18 Å². The van der Waals surface area contributed by atoms with E-state index in [0.717, 1.165) is 19.3 Å². The van der Waals surface area contributed by atoms with E-state index in [-0.39, 0.29) is 6.04 Å². The van der Waals surface area contributed by atoms with E-state index in [9.17, 15) is 18.1 Å². The number of hydrogen-bond donors (Lipinski definition) is 0. The summed E-state index contributed by atoms with van der Waals surface area (Å²) >= 11 is 0. The topological polar surface area (TPSA) is 32.7 Å². The molecule has 3 nitrogen and oxygen atoms in total. The fraction of sp³-hybridized carbons (Fsp3) is 1.00. The second kappa shape index (κ2) is 4.61. The third-order valence-corrected chi connectivity index (χ3v) is 2.44. The van der Waals surface area contributed by atoms with E-state index in [1.807, 2.05) is 0 Å². The maximum Gasteiger partial charge on any atom is 0.407 e. The van der Waals surface area contributed by atoms with Gasteiger partial charge in [-0.25, -0.2) is 5.01 Å². The monoisotopic (exact) mass is 210 g/mol.